The van der Waals surface area contributed by atoms with E-state index in [0.29, 0.717) is 33.9 Å². The van der Waals surface area contributed by atoms with E-state index in [1.165, 1.54) is 24.3 Å². The molecule has 1 atom stereocenters. The Morgan fingerprint density at radius 1 is 0.541 bits per heavy atom. The highest BCUT2D eigenvalue weighted by Gasteiger charge is 2.32. The molecule has 0 saturated carbocycles. The number of rotatable bonds is 14. The molecule has 0 saturated heterocycles. The first-order valence-electron chi connectivity index (χ1n) is 19.0. The summed E-state index contributed by atoms with van der Waals surface area (Å²) in [6.45, 7) is 4.00. The zero-order valence-corrected chi connectivity index (χ0v) is 34.9. The van der Waals surface area contributed by atoms with Crippen LogP contribution in [-0.2, 0) is 32.1 Å². The van der Waals surface area contributed by atoms with Crippen LogP contribution in [0.3, 0.4) is 0 Å². The molecular weight excluding hydrogens is 813 g/mol. The third-order valence-electron chi connectivity index (χ3n) is 10.7. The van der Waals surface area contributed by atoms with E-state index in [0.717, 1.165) is 33.9 Å². The van der Waals surface area contributed by atoms with Crippen molar-refractivity contribution in [1.82, 2.24) is 0 Å². The van der Waals surface area contributed by atoms with Gasteiger partial charge < -0.3 is 9.47 Å². The van der Waals surface area contributed by atoms with E-state index < -0.39 is 31.4 Å². The van der Waals surface area contributed by atoms with Crippen LogP contribution in [0, 0.1) is 6.92 Å². The maximum absolute atomic E-state index is 13.2. The fraction of sp³-hybridized carbons (Fsp3) is 0.102. The Morgan fingerprint density at radius 2 is 1.00 bits per heavy atom. The van der Waals surface area contributed by atoms with E-state index in [2.05, 4.69) is 6.92 Å². The van der Waals surface area contributed by atoms with Gasteiger partial charge in [0.15, 0.2) is 11.6 Å². The van der Waals surface area contributed by atoms with Gasteiger partial charge in [-0.1, -0.05) is 103 Å². The van der Waals surface area contributed by atoms with Gasteiger partial charge in [0, 0.05) is 27.7 Å². The predicted octanol–water partition coefficient (Wildman–Crippen LogP) is 9.70. The number of ketones is 2. The molecule has 0 spiro atoms. The third kappa shape index (κ3) is 9.38. The van der Waals surface area contributed by atoms with Gasteiger partial charge in [0.2, 0.25) is 0 Å². The van der Waals surface area contributed by atoms with E-state index in [-0.39, 0.29) is 33.1 Å². The molecule has 2 N–H and O–H groups in total. The standard InChI is InChI=1S/C49H40O10S2/c1-32-7-11-34(12-8-32)48(51)38-14-13-36(46(31-38)61(55,56)57)29-33-9-17-39(18-10-33)49(2,40-19-25-42(58-3)26-20-40)41-21-27-44(28-22-41)59-43-23-15-35(16-24-43)47(50)37-5-4-6-45(30-37)60(52,53)54/h4-28,30-31H,29H2,1-3H3,(H,52,53,54)(H,55,56,57). The summed E-state index contributed by atoms with van der Waals surface area (Å²) in [6.07, 6.45) is 0.177. The SMILES string of the molecule is COc1ccc(C(C)(c2ccc(Cc3ccc(C(=O)c4ccc(C)cc4)cc3S(=O)(=O)O)cc2)c2ccc(Oc3ccc(C(=O)c4cccc(S(=O)(=O)O)c4)cc3)cc2)cc1. The van der Waals surface area contributed by atoms with Gasteiger partial charge in [-0.2, -0.15) is 16.8 Å². The number of aryl methyl sites for hydroxylation is 1. The lowest BCUT2D eigenvalue weighted by molar-refractivity contribution is 0.103. The van der Waals surface area contributed by atoms with Crippen LogP contribution in [0.4, 0.5) is 0 Å². The summed E-state index contributed by atoms with van der Waals surface area (Å²) in [5.41, 5.74) is 5.24. The lowest BCUT2D eigenvalue weighted by Crippen LogP contribution is -2.25. The van der Waals surface area contributed by atoms with Gasteiger partial charge in [0.05, 0.1) is 16.9 Å². The molecule has 12 heteroatoms. The highest BCUT2D eigenvalue weighted by atomic mass is 32.2. The molecule has 0 aliphatic rings. The van der Waals surface area contributed by atoms with Gasteiger partial charge in [-0.3, -0.25) is 18.7 Å². The number of benzene rings is 7. The number of carbonyl (C=O) groups excluding carboxylic acids is 2. The second-order valence-electron chi connectivity index (χ2n) is 14.7. The molecule has 10 nitrogen and oxygen atoms in total. The molecule has 308 valence electrons. The lowest BCUT2D eigenvalue weighted by Gasteiger charge is -2.32. The van der Waals surface area contributed by atoms with Crippen molar-refractivity contribution in [3.05, 3.63) is 219 Å². The molecule has 0 heterocycles. The molecule has 0 bridgehead atoms. The molecule has 0 aliphatic carbocycles. The van der Waals surface area contributed by atoms with Gasteiger partial charge in [-0.05, 0) is 115 Å². The first-order valence-corrected chi connectivity index (χ1v) is 21.9. The van der Waals surface area contributed by atoms with E-state index in [1.54, 1.807) is 67.8 Å². The molecule has 0 aliphatic heterocycles. The summed E-state index contributed by atoms with van der Waals surface area (Å²) in [4.78, 5) is 25.6. The van der Waals surface area contributed by atoms with E-state index in [9.17, 15) is 35.5 Å². The average molecular weight is 853 g/mol. The van der Waals surface area contributed by atoms with Gasteiger partial charge in [0.25, 0.3) is 20.2 Å². The van der Waals surface area contributed by atoms with Crippen molar-refractivity contribution >= 4 is 31.8 Å². The van der Waals surface area contributed by atoms with Crippen LogP contribution in [0.15, 0.2) is 174 Å². The quantitative estimate of drug-likeness (QED) is 0.0612. The van der Waals surface area contributed by atoms with Crippen LogP contribution >= 0.6 is 0 Å². The molecule has 1 unspecified atom stereocenters. The number of hydrogen-bond acceptors (Lipinski definition) is 8. The van der Waals surface area contributed by atoms with Gasteiger partial charge in [0.1, 0.15) is 17.2 Å². The molecule has 61 heavy (non-hydrogen) atoms. The molecule has 0 aromatic heterocycles. The molecule has 7 rings (SSSR count). The number of methoxy groups -OCH3 is 1. The van der Waals surface area contributed by atoms with Gasteiger partial charge >= 0.3 is 0 Å². The van der Waals surface area contributed by atoms with Crippen molar-refractivity contribution in [2.24, 2.45) is 0 Å². The van der Waals surface area contributed by atoms with Crippen LogP contribution in [-0.4, -0.2) is 44.6 Å². The van der Waals surface area contributed by atoms with E-state index in [1.807, 2.05) is 79.7 Å². The van der Waals surface area contributed by atoms with Crippen molar-refractivity contribution in [1.29, 1.82) is 0 Å². The first kappa shape index (κ1) is 42.4. The van der Waals surface area contributed by atoms with Crippen molar-refractivity contribution in [2.45, 2.75) is 35.5 Å². The van der Waals surface area contributed by atoms with E-state index in [4.69, 9.17) is 9.47 Å². The van der Waals surface area contributed by atoms with Crippen LogP contribution in [0.2, 0.25) is 0 Å². The second kappa shape index (κ2) is 17.1. The Hall–Kier alpha value is -6.70. The molecule has 0 radical (unpaired) electrons. The summed E-state index contributed by atoms with van der Waals surface area (Å²) in [7, 11) is -7.53. The summed E-state index contributed by atoms with van der Waals surface area (Å²) >= 11 is 0. The second-order valence-corrected chi connectivity index (χ2v) is 17.5. The van der Waals surface area contributed by atoms with Crippen molar-refractivity contribution in [3.63, 3.8) is 0 Å². The number of carbonyl (C=O) groups is 2. The molecule has 0 fully saturated rings. The monoisotopic (exact) mass is 852 g/mol. The molecule has 7 aromatic rings. The highest BCUT2D eigenvalue weighted by Crippen LogP contribution is 2.41. The summed E-state index contributed by atoms with van der Waals surface area (Å²) in [6, 6.07) is 46.1. The minimum atomic E-state index is -4.66. The van der Waals surface area contributed by atoms with Crippen molar-refractivity contribution in [3.8, 4) is 17.2 Å². The summed E-state index contributed by atoms with van der Waals surface area (Å²) < 4.78 is 79.4. The average Bonchev–Trinajstić information content (AvgIpc) is 3.26. The molecule has 0 amide bonds. The van der Waals surface area contributed by atoms with Crippen LogP contribution in [0.5, 0.6) is 17.2 Å². The van der Waals surface area contributed by atoms with Crippen LogP contribution < -0.4 is 9.47 Å². The Balaban J connectivity index is 1.13. The zero-order valence-electron chi connectivity index (χ0n) is 33.3. The molecular formula is C49H40O10S2. The minimum Gasteiger partial charge on any atom is -0.497 e. The lowest BCUT2D eigenvalue weighted by atomic mass is 9.71. The maximum atomic E-state index is 13.2. The molecule has 7 aromatic carbocycles. The fourth-order valence-electron chi connectivity index (χ4n) is 7.18. The predicted molar refractivity (Wildman–Crippen MR) is 231 cm³/mol. The Morgan fingerprint density at radius 3 is 1.51 bits per heavy atom. The largest absolute Gasteiger partial charge is 0.497 e. The Labute approximate surface area is 354 Å². The topological polar surface area (TPSA) is 161 Å². The zero-order chi connectivity index (χ0) is 43.5. The minimum absolute atomic E-state index is 0.110. The third-order valence-corrected chi connectivity index (χ3v) is 12.5. The van der Waals surface area contributed by atoms with Crippen LogP contribution in [0.25, 0.3) is 0 Å². The first-order chi connectivity index (χ1) is 29.0. The normalized spacial score (nSPS) is 12.6. The summed E-state index contributed by atoms with van der Waals surface area (Å²) in [5, 5.41) is 0. The summed E-state index contributed by atoms with van der Waals surface area (Å²) in [5.74, 6) is 0.931. The number of ether oxygens (including phenoxy) is 2. The smallest absolute Gasteiger partial charge is 0.294 e. The van der Waals surface area contributed by atoms with Crippen molar-refractivity contribution < 1.29 is 45.0 Å². The van der Waals surface area contributed by atoms with Crippen LogP contribution in [0.1, 0.15) is 72.1 Å². The van der Waals surface area contributed by atoms with E-state index >= 15 is 0 Å². The fourth-order valence-corrected chi connectivity index (χ4v) is 8.46. The Kier molecular flexibility index (Phi) is 11.9. The highest BCUT2D eigenvalue weighted by molar-refractivity contribution is 7.86. The Bertz CT molecular complexity index is 2960. The van der Waals surface area contributed by atoms with Crippen molar-refractivity contribution in [2.75, 3.05) is 7.11 Å². The van der Waals surface area contributed by atoms with Gasteiger partial charge in [-0.15, -0.1) is 0 Å². The number of hydrogen-bond donors (Lipinski definition) is 2. The van der Waals surface area contributed by atoms with Gasteiger partial charge in [-0.25, -0.2) is 0 Å². The maximum Gasteiger partial charge on any atom is 0.294 e.